The van der Waals surface area contributed by atoms with Crippen LogP contribution in [0.15, 0.2) is 24.3 Å². The summed E-state index contributed by atoms with van der Waals surface area (Å²) in [4.78, 5) is 0. The third-order valence-corrected chi connectivity index (χ3v) is 3.25. The van der Waals surface area contributed by atoms with Gasteiger partial charge in [0.25, 0.3) is 0 Å². The molecule has 1 unspecified atom stereocenters. The van der Waals surface area contributed by atoms with Crippen molar-refractivity contribution in [1.29, 1.82) is 0 Å². The van der Waals surface area contributed by atoms with Gasteiger partial charge in [0.1, 0.15) is 5.75 Å². The highest BCUT2D eigenvalue weighted by molar-refractivity contribution is 5.28. The minimum Gasteiger partial charge on any atom is -0.497 e. The van der Waals surface area contributed by atoms with Crippen molar-refractivity contribution in [1.82, 2.24) is 5.32 Å². The molecule has 0 amide bonds. The lowest BCUT2D eigenvalue weighted by Gasteiger charge is -2.30. The Hall–Kier alpha value is -1.02. The number of benzene rings is 1. The second kappa shape index (κ2) is 6.06. The lowest BCUT2D eigenvalue weighted by molar-refractivity contribution is 0.268. The normalized spacial score (nSPS) is 13.5. The van der Waals surface area contributed by atoms with Crippen LogP contribution in [0.2, 0.25) is 0 Å². The van der Waals surface area contributed by atoms with Crippen molar-refractivity contribution in [3.05, 3.63) is 29.8 Å². The molecule has 0 spiro atoms. The molecular formula is C15H25NO. The first-order chi connectivity index (χ1) is 7.97. The predicted octanol–water partition coefficient (Wildman–Crippen LogP) is 3.26. The lowest BCUT2D eigenvalue weighted by Crippen LogP contribution is -2.38. The van der Waals surface area contributed by atoms with Crippen molar-refractivity contribution in [3.8, 4) is 5.75 Å². The molecule has 1 rings (SSSR count). The molecule has 0 bridgehead atoms. The summed E-state index contributed by atoms with van der Waals surface area (Å²) in [6, 6.07) is 8.86. The minimum absolute atomic E-state index is 0.299. The van der Waals surface area contributed by atoms with Gasteiger partial charge in [-0.25, -0.2) is 0 Å². The largest absolute Gasteiger partial charge is 0.497 e. The van der Waals surface area contributed by atoms with Gasteiger partial charge in [0, 0.05) is 6.04 Å². The van der Waals surface area contributed by atoms with E-state index in [4.69, 9.17) is 4.74 Å². The average molecular weight is 235 g/mol. The Morgan fingerprint density at radius 3 is 2.53 bits per heavy atom. The molecule has 0 aliphatic heterocycles. The van der Waals surface area contributed by atoms with E-state index in [9.17, 15) is 0 Å². The molecule has 0 saturated carbocycles. The molecule has 0 aliphatic carbocycles. The van der Waals surface area contributed by atoms with Crippen molar-refractivity contribution < 1.29 is 4.74 Å². The van der Waals surface area contributed by atoms with E-state index in [2.05, 4.69) is 44.3 Å². The molecule has 0 heterocycles. The number of rotatable bonds is 5. The van der Waals surface area contributed by atoms with E-state index in [1.807, 2.05) is 13.1 Å². The Morgan fingerprint density at radius 1 is 1.29 bits per heavy atom. The Labute approximate surface area is 105 Å². The Bertz CT molecular complexity index is 341. The average Bonchev–Trinajstić information content (AvgIpc) is 2.28. The number of hydrogen-bond acceptors (Lipinski definition) is 2. The van der Waals surface area contributed by atoms with E-state index in [-0.39, 0.29) is 0 Å². The van der Waals surface area contributed by atoms with Crippen LogP contribution >= 0.6 is 0 Å². The molecule has 1 N–H and O–H groups in total. The fourth-order valence-electron chi connectivity index (χ4n) is 2.15. The molecule has 2 nitrogen and oxygen atoms in total. The summed E-state index contributed by atoms with van der Waals surface area (Å²) >= 11 is 0. The quantitative estimate of drug-likeness (QED) is 0.846. The van der Waals surface area contributed by atoms with Gasteiger partial charge in [-0.05, 0) is 43.0 Å². The van der Waals surface area contributed by atoms with Crippen LogP contribution in [-0.2, 0) is 6.42 Å². The van der Waals surface area contributed by atoms with Gasteiger partial charge in [-0.2, -0.15) is 0 Å². The van der Waals surface area contributed by atoms with E-state index in [1.165, 1.54) is 5.56 Å². The number of aryl methyl sites for hydroxylation is 1. The first kappa shape index (κ1) is 14.0. The minimum atomic E-state index is 0.299. The van der Waals surface area contributed by atoms with E-state index in [0.717, 1.165) is 18.6 Å². The van der Waals surface area contributed by atoms with Crippen molar-refractivity contribution in [3.63, 3.8) is 0 Å². The highest BCUT2D eigenvalue weighted by Crippen LogP contribution is 2.23. The second-order valence-electron chi connectivity index (χ2n) is 5.60. The van der Waals surface area contributed by atoms with Crippen LogP contribution in [0.1, 0.15) is 32.8 Å². The molecule has 0 aromatic heterocycles. The summed E-state index contributed by atoms with van der Waals surface area (Å²) in [7, 11) is 3.76. The molecule has 1 aromatic carbocycles. The van der Waals surface area contributed by atoms with Gasteiger partial charge in [-0.15, -0.1) is 0 Å². The third-order valence-electron chi connectivity index (χ3n) is 3.25. The molecule has 0 aliphatic rings. The summed E-state index contributed by atoms with van der Waals surface area (Å²) < 4.78 is 5.24. The van der Waals surface area contributed by atoms with Crippen LogP contribution in [0.5, 0.6) is 5.75 Å². The van der Waals surface area contributed by atoms with Crippen molar-refractivity contribution in [2.24, 2.45) is 5.41 Å². The van der Waals surface area contributed by atoms with Crippen molar-refractivity contribution in [2.45, 2.75) is 39.7 Å². The molecule has 96 valence electrons. The number of ether oxygens (including phenoxy) is 1. The van der Waals surface area contributed by atoms with Gasteiger partial charge in [0.05, 0.1) is 7.11 Å². The van der Waals surface area contributed by atoms with Gasteiger partial charge >= 0.3 is 0 Å². The molecule has 2 heteroatoms. The molecule has 1 atom stereocenters. The van der Waals surface area contributed by atoms with E-state index < -0.39 is 0 Å². The van der Waals surface area contributed by atoms with Gasteiger partial charge in [-0.1, -0.05) is 32.9 Å². The summed E-state index contributed by atoms with van der Waals surface area (Å²) in [6.07, 6.45) is 2.23. The SMILES string of the molecule is CNC(CCc1cccc(OC)c1)C(C)(C)C. The van der Waals surface area contributed by atoms with Crippen LogP contribution in [0.25, 0.3) is 0 Å². The first-order valence-corrected chi connectivity index (χ1v) is 6.27. The third kappa shape index (κ3) is 4.39. The number of hydrogen-bond donors (Lipinski definition) is 1. The summed E-state index contributed by atoms with van der Waals surface area (Å²) in [5.41, 5.74) is 1.64. The van der Waals surface area contributed by atoms with Crippen LogP contribution in [0.3, 0.4) is 0 Å². The van der Waals surface area contributed by atoms with Crippen LogP contribution in [0, 0.1) is 5.41 Å². The highest BCUT2D eigenvalue weighted by Gasteiger charge is 2.22. The fraction of sp³-hybridized carbons (Fsp3) is 0.600. The van der Waals surface area contributed by atoms with E-state index >= 15 is 0 Å². The van der Waals surface area contributed by atoms with Gasteiger partial charge in [-0.3, -0.25) is 0 Å². The Kier molecular flexibility index (Phi) is 5.01. The van der Waals surface area contributed by atoms with Crippen LogP contribution in [0.4, 0.5) is 0 Å². The molecule has 17 heavy (non-hydrogen) atoms. The van der Waals surface area contributed by atoms with Gasteiger partial charge in [0.2, 0.25) is 0 Å². The van der Waals surface area contributed by atoms with Crippen LogP contribution in [-0.4, -0.2) is 20.2 Å². The fourth-order valence-corrected chi connectivity index (χ4v) is 2.15. The van der Waals surface area contributed by atoms with Crippen molar-refractivity contribution in [2.75, 3.05) is 14.2 Å². The van der Waals surface area contributed by atoms with Gasteiger partial charge in [0.15, 0.2) is 0 Å². The number of nitrogens with one attached hydrogen (secondary N) is 1. The maximum atomic E-state index is 5.24. The maximum absolute atomic E-state index is 5.24. The molecule has 0 radical (unpaired) electrons. The molecule has 1 aromatic rings. The molecule has 0 fully saturated rings. The highest BCUT2D eigenvalue weighted by atomic mass is 16.5. The van der Waals surface area contributed by atoms with Gasteiger partial charge < -0.3 is 10.1 Å². The predicted molar refractivity (Wildman–Crippen MR) is 73.6 cm³/mol. The zero-order valence-electron chi connectivity index (χ0n) is 11.7. The smallest absolute Gasteiger partial charge is 0.119 e. The zero-order valence-corrected chi connectivity index (χ0v) is 11.7. The van der Waals surface area contributed by atoms with E-state index in [0.29, 0.717) is 11.5 Å². The maximum Gasteiger partial charge on any atom is 0.119 e. The monoisotopic (exact) mass is 235 g/mol. The second-order valence-corrected chi connectivity index (χ2v) is 5.60. The standard InChI is InChI=1S/C15H25NO/c1-15(2,3)14(16-4)10-9-12-7-6-8-13(11-12)17-5/h6-8,11,14,16H,9-10H2,1-5H3. The lowest BCUT2D eigenvalue weighted by atomic mass is 9.83. The molecule has 0 saturated heterocycles. The summed E-state index contributed by atoms with van der Waals surface area (Å²) in [5.74, 6) is 0.944. The number of methoxy groups -OCH3 is 1. The van der Waals surface area contributed by atoms with Crippen molar-refractivity contribution >= 4 is 0 Å². The summed E-state index contributed by atoms with van der Waals surface area (Å²) in [6.45, 7) is 6.83. The topological polar surface area (TPSA) is 21.3 Å². The zero-order chi connectivity index (χ0) is 12.9. The Balaban J connectivity index is 2.59. The molecular weight excluding hydrogens is 210 g/mol. The summed E-state index contributed by atoms with van der Waals surface area (Å²) in [5, 5.41) is 3.41. The van der Waals surface area contributed by atoms with Crippen LogP contribution < -0.4 is 10.1 Å². The first-order valence-electron chi connectivity index (χ1n) is 6.27. The Morgan fingerprint density at radius 2 is 2.00 bits per heavy atom. The van der Waals surface area contributed by atoms with E-state index in [1.54, 1.807) is 7.11 Å².